The average molecular weight is 221 g/mol. The number of benzene rings is 1. The monoisotopic (exact) mass is 221 g/mol. The van der Waals surface area contributed by atoms with E-state index in [1.807, 2.05) is 6.07 Å². The third kappa shape index (κ3) is 1.93. The van der Waals surface area contributed by atoms with Gasteiger partial charge in [0, 0.05) is 6.04 Å². The second-order valence-electron chi connectivity index (χ2n) is 5.14. The minimum absolute atomic E-state index is 0.0719. The van der Waals surface area contributed by atoms with E-state index in [9.17, 15) is 0 Å². The molecule has 1 aromatic carbocycles. The minimum atomic E-state index is 0.0719. The molecule has 16 heavy (non-hydrogen) atoms. The number of methoxy groups -OCH3 is 1. The number of hydrogen-bond donors (Lipinski definition) is 2. The molecule has 0 amide bonds. The number of hydroxylamine groups is 1. The first-order valence-electron chi connectivity index (χ1n) is 5.64. The van der Waals surface area contributed by atoms with Crippen molar-refractivity contribution in [1.29, 1.82) is 0 Å². The number of hydrogen-bond acceptors (Lipinski definition) is 3. The van der Waals surface area contributed by atoms with E-state index >= 15 is 0 Å². The highest BCUT2D eigenvalue weighted by atomic mass is 16.5. The molecule has 2 rings (SSSR count). The van der Waals surface area contributed by atoms with Gasteiger partial charge in [0.15, 0.2) is 0 Å². The number of fused-ring (bicyclic) bond motifs is 1. The van der Waals surface area contributed by atoms with Gasteiger partial charge in [0.25, 0.3) is 0 Å². The lowest BCUT2D eigenvalue weighted by atomic mass is 9.71. The van der Waals surface area contributed by atoms with E-state index in [1.54, 1.807) is 7.11 Å². The van der Waals surface area contributed by atoms with Crippen LogP contribution in [0.2, 0.25) is 0 Å². The Morgan fingerprint density at radius 3 is 2.81 bits per heavy atom. The van der Waals surface area contributed by atoms with Crippen LogP contribution in [0, 0.1) is 0 Å². The number of nitrogens with one attached hydrogen (secondary N) is 1. The van der Waals surface area contributed by atoms with Crippen molar-refractivity contribution >= 4 is 0 Å². The van der Waals surface area contributed by atoms with Crippen LogP contribution in [0.3, 0.4) is 0 Å². The molecular weight excluding hydrogens is 202 g/mol. The van der Waals surface area contributed by atoms with E-state index in [0.29, 0.717) is 0 Å². The van der Waals surface area contributed by atoms with Gasteiger partial charge in [-0.3, -0.25) is 0 Å². The minimum Gasteiger partial charge on any atom is -0.497 e. The maximum Gasteiger partial charge on any atom is 0.119 e. The lowest BCUT2D eigenvalue weighted by molar-refractivity contribution is 0.106. The van der Waals surface area contributed by atoms with E-state index in [4.69, 9.17) is 9.94 Å². The van der Waals surface area contributed by atoms with Crippen LogP contribution >= 0.6 is 0 Å². The summed E-state index contributed by atoms with van der Waals surface area (Å²) in [6, 6.07) is 6.34. The molecule has 0 saturated carbocycles. The van der Waals surface area contributed by atoms with Gasteiger partial charge in [0.05, 0.1) is 7.11 Å². The van der Waals surface area contributed by atoms with Gasteiger partial charge >= 0.3 is 0 Å². The van der Waals surface area contributed by atoms with Gasteiger partial charge in [-0.15, -0.1) is 0 Å². The van der Waals surface area contributed by atoms with E-state index < -0.39 is 0 Å². The van der Waals surface area contributed by atoms with Crippen molar-refractivity contribution in [2.75, 3.05) is 7.11 Å². The largest absolute Gasteiger partial charge is 0.497 e. The Labute approximate surface area is 96.4 Å². The molecule has 0 saturated heterocycles. The third-order valence-electron chi connectivity index (χ3n) is 3.45. The van der Waals surface area contributed by atoms with Crippen molar-refractivity contribution in [2.24, 2.45) is 0 Å². The van der Waals surface area contributed by atoms with E-state index in [-0.39, 0.29) is 11.5 Å². The molecule has 1 aliphatic carbocycles. The Kier molecular flexibility index (Phi) is 2.91. The highest BCUT2D eigenvalue weighted by Crippen LogP contribution is 2.38. The smallest absolute Gasteiger partial charge is 0.119 e. The molecule has 0 fully saturated rings. The molecule has 0 aliphatic heterocycles. The molecular formula is C13H19NO2. The molecule has 0 spiro atoms. The number of ether oxygens (including phenoxy) is 1. The summed E-state index contributed by atoms with van der Waals surface area (Å²) in [6.45, 7) is 4.41. The molecule has 0 bridgehead atoms. The topological polar surface area (TPSA) is 41.5 Å². The van der Waals surface area contributed by atoms with Gasteiger partial charge in [-0.25, -0.2) is 5.48 Å². The molecule has 1 aliphatic rings. The maximum absolute atomic E-state index is 9.07. The summed E-state index contributed by atoms with van der Waals surface area (Å²) in [5.41, 5.74) is 5.10. The van der Waals surface area contributed by atoms with Crippen LogP contribution in [0.15, 0.2) is 18.2 Å². The summed E-state index contributed by atoms with van der Waals surface area (Å²) in [4.78, 5) is 0. The zero-order valence-corrected chi connectivity index (χ0v) is 10.1. The Morgan fingerprint density at radius 1 is 1.44 bits per heavy atom. The van der Waals surface area contributed by atoms with Crippen molar-refractivity contribution in [3.8, 4) is 5.75 Å². The molecule has 2 N–H and O–H groups in total. The summed E-state index contributed by atoms with van der Waals surface area (Å²) >= 11 is 0. The van der Waals surface area contributed by atoms with E-state index in [0.717, 1.165) is 18.6 Å². The normalized spacial score (nSPS) is 22.6. The van der Waals surface area contributed by atoms with Crippen LogP contribution in [0.5, 0.6) is 5.75 Å². The first-order valence-corrected chi connectivity index (χ1v) is 5.64. The summed E-state index contributed by atoms with van der Waals surface area (Å²) in [5, 5.41) is 9.07. The first kappa shape index (κ1) is 11.4. The van der Waals surface area contributed by atoms with Gasteiger partial charge in [-0.1, -0.05) is 19.9 Å². The predicted molar refractivity (Wildman–Crippen MR) is 63.1 cm³/mol. The summed E-state index contributed by atoms with van der Waals surface area (Å²) in [5.74, 6) is 0.905. The molecule has 3 heteroatoms. The molecule has 0 heterocycles. The first-order chi connectivity index (χ1) is 7.56. The summed E-state index contributed by atoms with van der Waals surface area (Å²) in [6.07, 6.45) is 1.81. The zero-order valence-electron chi connectivity index (χ0n) is 10.1. The van der Waals surface area contributed by atoms with Crippen LogP contribution < -0.4 is 10.2 Å². The van der Waals surface area contributed by atoms with Crippen LogP contribution in [0.4, 0.5) is 0 Å². The van der Waals surface area contributed by atoms with Crippen LogP contribution in [-0.2, 0) is 11.8 Å². The molecule has 0 aromatic heterocycles. The van der Waals surface area contributed by atoms with Crippen molar-refractivity contribution in [2.45, 2.75) is 38.1 Å². The Hall–Kier alpha value is -1.06. The van der Waals surface area contributed by atoms with Crippen molar-refractivity contribution in [3.63, 3.8) is 0 Å². The lowest BCUT2D eigenvalue weighted by Gasteiger charge is -2.37. The van der Waals surface area contributed by atoms with Gasteiger partial charge in [-0.05, 0) is 41.5 Å². The second-order valence-corrected chi connectivity index (χ2v) is 5.14. The predicted octanol–water partition coefficient (Wildman–Crippen LogP) is 2.27. The van der Waals surface area contributed by atoms with Gasteiger partial charge in [-0.2, -0.15) is 0 Å². The zero-order chi connectivity index (χ0) is 11.8. The molecule has 88 valence electrons. The lowest BCUT2D eigenvalue weighted by Crippen LogP contribution is -2.40. The highest BCUT2D eigenvalue weighted by Gasteiger charge is 2.32. The molecule has 1 aromatic rings. The SMILES string of the molecule is COc1ccc2c(c1)C(C)(C)C[C@H](NO)C2. The van der Waals surface area contributed by atoms with Gasteiger partial charge in [0.1, 0.15) is 5.75 Å². The molecule has 0 unspecified atom stereocenters. The summed E-state index contributed by atoms with van der Waals surface area (Å²) in [7, 11) is 1.69. The second kappa shape index (κ2) is 4.07. The van der Waals surface area contributed by atoms with Gasteiger partial charge in [0.2, 0.25) is 0 Å². The van der Waals surface area contributed by atoms with E-state index in [1.165, 1.54) is 11.1 Å². The standard InChI is InChI=1S/C13H19NO2/c1-13(2)8-10(14-15)6-9-4-5-11(16-3)7-12(9)13/h4-5,7,10,14-15H,6,8H2,1-3H3/t10-/m1/s1. The molecule has 0 radical (unpaired) electrons. The molecule has 3 nitrogen and oxygen atoms in total. The average Bonchev–Trinajstić information content (AvgIpc) is 2.27. The molecule has 1 atom stereocenters. The van der Waals surface area contributed by atoms with Crippen LogP contribution in [-0.4, -0.2) is 18.4 Å². The Balaban J connectivity index is 2.43. The summed E-state index contributed by atoms with van der Waals surface area (Å²) < 4.78 is 5.26. The van der Waals surface area contributed by atoms with E-state index in [2.05, 4.69) is 31.5 Å². The van der Waals surface area contributed by atoms with Gasteiger partial charge < -0.3 is 9.94 Å². The quantitative estimate of drug-likeness (QED) is 0.753. The van der Waals surface area contributed by atoms with Crippen LogP contribution in [0.25, 0.3) is 0 Å². The Bertz CT molecular complexity index is 388. The van der Waals surface area contributed by atoms with Crippen molar-refractivity contribution in [1.82, 2.24) is 5.48 Å². The Morgan fingerprint density at radius 2 is 2.19 bits per heavy atom. The fourth-order valence-electron chi connectivity index (χ4n) is 2.65. The fraction of sp³-hybridized carbons (Fsp3) is 0.538. The van der Waals surface area contributed by atoms with Crippen LogP contribution in [0.1, 0.15) is 31.4 Å². The maximum atomic E-state index is 9.07. The third-order valence-corrected chi connectivity index (χ3v) is 3.45. The number of rotatable bonds is 2. The highest BCUT2D eigenvalue weighted by molar-refractivity contribution is 5.42. The van der Waals surface area contributed by atoms with Crippen molar-refractivity contribution < 1.29 is 9.94 Å². The van der Waals surface area contributed by atoms with Crippen molar-refractivity contribution in [3.05, 3.63) is 29.3 Å². The fourth-order valence-corrected chi connectivity index (χ4v) is 2.65.